The number of hydrogen-bond acceptors (Lipinski definition) is 3. The molecule has 1 aromatic heterocycles. The van der Waals surface area contributed by atoms with Gasteiger partial charge >= 0.3 is 30.3 Å². The second kappa shape index (κ2) is 5.43. The molecule has 15 heteroatoms. The molecule has 0 aliphatic rings. The van der Waals surface area contributed by atoms with Gasteiger partial charge in [0, 0.05) is 5.56 Å². The van der Waals surface area contributed by atoms with Gasteiger partial charge in [-0.05, 0) is 6.07 Å². The molecule has 2 N–H and O–H groups in total. The maximum absolute atomic E-state index is 12.7. The number of rotatable bonds is 2. The zero-order valence-electron chi connectivity index (χ0n) is 11.0. The van der Waals surface area contributed by atoms with Gasteiger partial charge in [0.15, 0.2) is 5.76 Å². The monoisotopic (exact) mass is 400 g/mol. The van der Waals surface area contributed by atoms with E-state index in [4.69, 9.17) is 10.2 Å². The first-order chi connectivity index (χ1) is 10.7. The normalized spacial score (nSPS) is 15.6. The van der Waals surface area contributed by atoms with Crippen molar-refractivity contribution in [1.29, 1.82) is 0 Å². The highest BCUT2D eigenvalue weighted by Crippen LogP contribution is 2.57. The molecule has 0 bridgehead atoms. The molecule has 25 heavy (non-hydrogen) atoms. The van der Waals surface area contributed by atoms with E-state index in [1.165, 1.54) is 0 Å². The predicted molar refractivity (Wildman–Crippen MR) is 50.7 cm³/mol. The molecule has 0 amide bonds. The summed E-state index contributed by atoms with van der Waals surface area (Å²) in [6, 6.07) is -0.612. The van der Waals surface area contributed by atoms with Gasteiger partial charge in [-0.25, -0.2) is 0 Å². The number of aliphatic hydroxyl groups is 2. The van der Waals surface area contributed by atoms with Crippen LogP contribution in [0.5, 0.6) is 0 Å². The Kier molecular flexibility index (Phi) is 4.65. The van der Waals surface area contributed by atoms with Crippen molar-refractivity contribution in [3.8, 4) is 0 Å². The van der Waals surface area contributed by atoms with Crippen LogP contribution in [0, 0.1) is 0 Å². The lowest BCUT2D eigenvalue weighted by Gasteiger charge is -2.36. The van der Waals surface area contributed by atoms with Crippen LogP contribution >= 0.6 is 0 Å². The van der Waals surface area contributed by atoms with Crippen molar-refractivity contribution in [1.82, 2.24) is 0 Å². The Balaban J connectivity index is 3.91. The van der Waals surface area contributed by atoms with Crippen LogP contribution in [-0.2, 0) is 11.2 Å². The molecule has 0 saturated carbocycles. The zero-order valence-corrected chi connectivity index (χ0v) is 11.0. The third-order valence-electron chi connectivity index (χ3n) is 3.02. The number of furan rings is 1. The van der Waals surface area contributed by atoms with Gasteiger partial charge in [0.25, 0.3) is 5.60 Å². The summed E-state index contributed by atoms with van der Waals surface area (Å²) in [7, 11) is 0. The fourth-order valence-electron chi connectivity index (χ4n) is 1.76. The molecule has 0 fully saturated rings. The van der Waals surface area contributed by atoms with Gasteiger partial charge in [-0.1, -0.05) is 0 Å². The summed E-state index contributed by atoms with van der Waals surface area (Å²) < 4.78 is 155. The lowest BCUT2D eigenvalue weighted by Crippen LogP contribution is -2.58. The van der Waals surface area contributed by atoms with Crippen LogP contribution < -0.4 is 0 Å². The molecule has 1 aromatic rings. The third kappa shape index (κ3) is 2.92. The average Bonchev–Trinajstić information content (AvgIpc) is 2.80. The molecule has 0 atom stereocenters. The van der Waals surface area contributed by atoms with Crippen molar-refractivity contribution < 1.29 is 67.3 Å². The Labute approximate surface area is 128 Å². The van der Waals surface area contributed by atoms with Crippen LogP contribution in [0.15, 0.2) is 16.7 Å². The van der Waals surface area contributed by atoms with E-state index in [0.717, 1.165) is 0 Å². The minimum absolute atomic E-state index is 0.407. The largest absolute Gasteiger partial charge is 0.465 e. The number of halogens is 12. The molecular weight excluding hydrogens is 396 g/mol. The van der Waals surface area contributed by atoms with Gasteiger partial charge < -0.3 is 14.6 Å². The van der Waals surface area contributed by atoms with E-state index in [1.54, 1.807) is 0 Å². The van der Waals surface area contributed by atoms with Crippen molar-refractivity contribution in [3.63, 3.8) is 0 Å². The summed E-state index contributed by atoms with van der Waals surface area (Å²) in [5.74, 6) is -3.22. The maximum Gasteiger partial charge on any atom is 0.433 e. The summed E-state index contributed by atoms with van der Waals surface area (Å²) in [4.78, 5) is 0. The summed E-state index contributed by atoms with van der Waals surface area (Å²) in [6.07, 6.45) is -27.7. The van der Waals surface area contributed by atoms with Crippen LogP contribution in [0.3, 0.4) is 0 Å². The topological polar surface area (TPSA) is 53.6 Å². The molecule has 1 heterocycles. The highest BCUT2D eigenvalue weighted by atomic mass is 19.4. The number of alkyl halides is 12. The van der Waals surface area contributed by atoms with E-state index >= 15 is 0 Å². The molecule has 0 unspecified atom stereocenters. The second-order valence-corrected chi connectivity index (χ2v) is 4.58. The molecule has 0 radical (unpaired) electrons. The van der Waals surface area contributed by atoms with E-state index in [0.29, 0.717) is 0 Å². The first-order valence-corrected chi connectivity index (χ1v) is 5.53. The summed E-state index contributed by atoms with van der Waals surface area (Å²) >= 11 is 0. The standard InChI is InChI=1S/C10H4F12O3/c11-7(12,13)5(23,8(14,15)16)3-1-2-25-4(3)6(24,9(17,18)19)10(20,21)22/h1-2,23-24H. The molecule has 3 nitrogen and oxygen atoms in total. The molecule has 0 saturated heterocycles. The predicted octanol–water partition coefficient (Wildman–Crippen LogP) is 3.90. The minimum Gasteiger partial charge on any atom is -0.465 e. The number of hydrogen-bond donors (Lipinski definition) is 2. The molecule has 0 aromatic carbocycles. The van der Waals surface area contributed by atoms with Crippen molar-refractivity contribution in [2.45, 2.75) is 35.9 Å². The highest BCUT2D eigenvalue weighted by Gasteiger charge is 2.78. The Hall–Kier alpha value is -1.64. The van der Waals surface area contributed by atoms with Crippen LogP contribution in [0.1, 0.15) is 11.3 Å². The molecule has 1 rings (SSSR count). The smallest absolute Gasteiger partial charge is 0.433 e. The van der Waals surface area contributed by atoms with Gasteiger partial charge in [0.05, 0.1) is 6.26 Å². The minimum atomic E-state index is -6.84. The highest BCUT2D eigenvalue weighted by molar-refractivity contribution is 5.35. The second-order valence-electron chi connectivity index (χ2n) is 4.58. The molecule has 0 aliphatic heterocycles. The first kappa shape index (κ1) is 21.4. The van der Waals surface area contributed by atoms with Crippen LogP contribution in [-0.4, -0.2) is 34.9 Å². The SMILES string of the molecule is OC(c1ccoc1C(O)(C(F)(F)F)C(F)(F)F)(C(F)(F)F)C(F)(F)F. The van der Waals surface area contributed by atoms with Crippen molar-refractivity contribution in [2.24, 2.45) is 0 Å². The van der Waals surface area contributed by atoms with Gasteiger partial charge in [-0.15, -0.1) is 0 Å². The Morgan fingerprint density at radius 3 is 1.20 bits per heavy atom. The van der Waals surface area contributed by atoms with Crippen LogP contribution in [0.2, 0.25) is 0 Å². The van der Waals surface area contributed by atoms with E-state index in [1.807, 2.05) is 0 Å². The van der Waals surface area contributed by atoms with Gasteiger partial charge in [0.2, 0.25) is 0 Å². The average molecular weight is 400 g/mol. The van der Waals surface area contributed by atoms with Crippen LogP contribution in [0.4, 0.5) is 52.7 Å². The van der Waals surface area contributed by atoms with Crippen molar-refractivity contribution >= 4 is 0 Å². The van der Waals surface area contributed by atoms with Gasteiger partial charge in [-0.2, -0.15) is 52.7 Å². The summed E-state index contributed by atoms with van der Waals surface area (Å²) in [6.45, 7) is 0. The van der Waals surface area contributed by atoms with E-state index < -0.39 is 59.6 Å². The summed E-state index contributed by atoms with van der Waals surface area (Å²) in [5, 5.41) is 17.9. The van der Waals surface area contributed by atoms with E-state index in [2.05, 4.69) is 4.42 Å². The first-order valence-electron chi connectivity index (χ1n) is 5.53. The van der Waals surface area contributed by atoms with E-state index in [9.17, 15) is 52.7 Å². The Bertz CT molecular complexity index is 536. The fraction of sp³-hybridized carbons (Fsp3) is 0.600. The van der Waals surface area contributed by atoms with Crippen molar-refractivity contribution in [3.05, 3.63) is 23.7 Å². The Morgan fingerprint density at radius 1 is 0.600 bits per heavy atom. The fourth-order valence-corrected chi connectivity index (χ4v) is 1.76. The molecular formula is C10H4F12O3. The summed E-state index contributed by atoms with van der Waals surface area (Å²) in [5.41, 5.74) is -15.4. The maximum atomic E-state index is 12.7. The molecule has 0 spiro atoms. The van der Waals surface area contributed by atoms with Gasteiger partial charge in [0.1, 0.15) is 0 Å². The van der Waals surface area contributed by atoms with Crippen LogP contribution in [0.25, 0.3) is 0 Å². The van der Waals surface area contributed by atoms with Gasteiger partial charge in [-0.3, -0.25) is 0 Å². The zero-order chi connectivity index (χ0) is 20.3. The lowest BCUT2D eigenvalue weighted by atomic mass is 9.86. The Morgan fingerprint density at radius 2 is 0.920 bits per heavy atom. The quantitative estimate of drug-likeness (QED) is 0.741. The lowest BCUT2D eigenvalue weighted by molar-refractivity contribution is -0.391. The van der Waals surface area contributed by atoms with Crippen molar-refractivity contribution in [2.75, 3.05) is 0 Å². The third-order valence-corrected chi connectivity index (χ3v) is 3.02. The molecule has 0 aliphatic carbocycles. The van der Waals surface area contributed by atoms with E-state index in [-0.39, 0.29) is 0 Å². The molecule has 146 valence electrons.